The summed E-state index contributed by atoms with van der Waals surface area (Å²) in [7, 11) is 3.94. The fourth-order valence-electron chi connectivity index (χ4n) is 4.42. The van der Waals surface area contributed by atoms with Crippen LogP contribution in [0.3, 0.4) is 0 Å². The zero-order chi connectivity index (χ0) is 15.0. The van der Waals surface area contributed by atoms with Crippen LogP contribution in [0.2, 0.25) is 0 Å². The third-order valence-electron chi connectivity index (χ3n) is 5.72. The lowest BCUT2D eigenvalue weighted by atomic mass is 9.73. The van der Waals surface area contributed by atoms with Crippen molar-refractivity contribution in [2.24, 2.45) is 5.41 Å². The molecule has 0 saturated heterocycles. The molecule has 3 rings (SSSR count). The third-order valence-corrected chi connectivity index (χ3v) is 5.72. The lowest BCUT2D eigenvalue weighted by molar-refractivity contribution is -0.117. The largest absolute Gasteiger partial charge is 0.315 e. The number of likely N-dealkylation sites (N-methyl/N-ethyl adjacent to an activating group) is 1. The number of rotatable bonds is 4. The maximum absolute atomic E-state index is 11.9. The molecule has 114 valence electrons. The van der Waals surface area contributed by atoms with Crippen LogP contribution in [0.4, 0.5) is 5.69 Å². The van der Waals surface area contributed by atoms with Crippen molar-refractivity contribution in [2.45, 2.75) is 51.5 Å². The minimum Gasteiger partial charge on any atom is -0.315 e. The number of anilines is 1. The van der Waals surface area contributed by atoms with Crippen molar-refractivity contribution >= 4 is 11.6 Å². The van der Waals surface area contributed by atoms with Gasteiger partial charge in [-0.1, -0.05) is 31.9 Å². The van der Waals surface area contributed by atoms with E-state index in [4.69, 9.17) is 0 Å². The lowest BCUT2D eigenvalue weighted by Crippen LogP contribution is -2.34. The summed E-state index contributed by atoms with van der Waals surface area (Å²) in [5.74, 6) is 0.203. The smallest absolute Gasteiger partial charge is 0.231 e. The molecule has 1 aliphatic heterocycles. The van der Waals surface area contributed by atoms with Gasteiger partial charge in [0, 0.05) is 18.8 Å². The van der Waals surface area contributed by atoms with E-state index in [0.29, 0.717) is 17.9 Å². The Labute approximate surface area is 127 Å². The molecule has 1 heterocycles. The zero-order valence-corrected chi connectivity index (χ0v) is 13.4. The average molecular weight is 286 g/mol. The highest BCUT2D eigenvalue weighted by molar-refractivity contribution is 6.00. The van der Waals surface area contributed by atoms with E-state index in [1.165, 1.54) is 43.2 Å². The number of nitrogens with zero attached hydrogens (tertiary/aromatic N) is 1. The molecule has 0 radical (unpaired) electrons. The fourth-order valence-corrected chi connectivity index (χ4v) is 4.42. The van der Waals surface area contributed by atoms with Crippen LogP contribution in [0.5, 0.6) is 0 Å². The van der Waals surface area contributed by atoms with E-state index in [9.17, 15) is 4.79 Å². The van der Waals surface area contributed by atoms with Gasteiger partial charge in [-0.3, -0.25) is 4.79 Å². The van der Waals surface area contributed by atoms with Crippen LogP contribution in [0.15, 0.2) is 18.2 Å². The highest BCUT2D eigenvalue weighted by Crippen LogP contribution is 2.50. The minimum atomic E-state index is 0.203. The van der Waals surface area contributed by atoms with E-state index >= 15 is 0 Å². The summed E-state index contributed by atoms with van der Waals surface area (Å²) < 4.78 is 0. The van der Waals surface area contributed by atoms with Gasteiger partial charge in [-0.2, -0.15) is 0 Å². The molecule has 1 aliphatic carbocycles. The summed E-state index contributed by atoms with van der Waals surface area (Å²) in [5.41, 5.74) is 4.00. The van der Waals surface area contributed by atoms with Gasteiger partial charge in [-0.25, -0.2) is 0 Å². The van der Waals surface area contributed by atoms with E-state index in [-0.39, 0.29) is 5.91 Å². The third kappa shape index (κ3) is 2.28. The van der Waals surface area contributed by atoms with Crippen LogP contribution < -0.4 is 10.2 Å². The first-order valence-corrected chi connectivity index (χ1v) is 8.18. The molecule has 1 saturated carbocycles. The van der Waals surface area contributed by atoms with Gasteiger partial charge in [-0.15, -0.1) is 0 Å². The molecule has 1 amide bonds. The number of hydrogen-bond acceptors (Lipinski definition) is 2. The molecule has 3 heteroatoms. The second-order valence-electron chi connectivity index (χ2n) is 6.66. The van der Waals surface area contributed by atoms with Crippen molar-refractivity contribution in [3.05, 3.63) is 29.3 Å². The van der Waals surface area contributed by atoms with Crippen LogP contribution in [-0.4, -0.2) is 20.0 Å². The Morgan fingerprint density at radius 2 is 2.05 bits per heavy atom. The first-order chi connectivity index (χ1) is 10.1. The summed E-state index contributed by atoms with van der Waals surface area (Å²) in [5, 5.41) is 3.57. The van der Waals surface area contributed by atoms with Gasteiger partial charge in [-0.05, 0) is 48.9 Å². The zero-order valence-electron chi connectivity index (χ0n) is 13.4. The predicted octanol–water partition coefficient (Wildman–Crippen LogP) is 3.44. The maximum Gasteiger partial charge on any atom is 0.231 e. The highest BCUT2D eigenvalue weighted by atomic mass is 16.2. The fraction of sp³-hybridized carbons (Fsp3) is 0.611. The Kier molecular flexibility index (Phi) is 3.78. The summed E-state index contributed by atoms with van der Waals surface area (Å²) in [6.07, 6.45) is 7.08. The number of nitrogens with one attached hydrogen (secondary N) is 1. The molecular weight excluding hydrogens is 260 g/mol. The molecule has 21 heavy (non-hydrogen) atoms. The molecule has 0 bridgehead atoms. The van der Waals surface area contributed by atoms with Gasteiger partial charge in [0.05, 0.1) is 6.42 Å². The van der Waals surface area contributed by atoms with Gasteiger partial charge < -0.3 is 10.2 Å². The molecular formula is C18H26N2O. The van der Waals surface area contributed by atoms with Crippen molar-refractivity contribution in [1.29, 1.82) is 0 Å². The molecule has 3 nitrogen and oxygen atoms in total. The number of fused-ring (bicyclic) bond motifs is 1. The van der Waals surface area contributed by atoms with Crippen LogP contribution in [0.25, 0.3) is 0 Å². The summed E-state index contributed by atoms with van der Waals surface area (Å²) in [6.45, 7) is 2.32. The van der Waals surface area contributed by atoms with Gasteiger partial charge in [0.2, 0.25) is 5.91 Å². The van der Waals surface area contributed by atoms with Gasteiger partial charge in [0.15, 0.2) is 0 Å². The van der Waals surface area contributed by atoms with Gasteiger partial charge >= 0.3 is 0 Å². The predicted molar refractivity (Wildman–Crippen MR) is 86.5 cm³/mol. The summed E-state index contributed by atoms with van der Waals surface area (Å²) in [6, 6.07) is 6.99. The van der Waals surface area contributed by atoms with E-state index in [2.05, 4.69) is 37.5 Å². The normalized spacial score (nSPS) is 21.7. The first-order valence-electron chi connectivity index (χ1n) is 8.18. The molecule has 1 unspecified atom stereocenters. The summed E-state index contributed by atoms with van der Waals surface area (Å²) in [4.78, 5) is 13.6. The Morgan fingerprint density at radius 1 is 1.33 bits per heavy atom. The molecule has 0 spiro atoms. The van der Waals surface area contributed by atoms with Crippen LogP contribution in [0.1, 0.15) is 56.2 Å². The van der Waals surface area contributed by atoms with Gasteiger partial charge in [0.1, 0.15) is 0 Å². The Bertz CT molecular complexity index is 546. The molecule has 1 N–H and O–H groups in total. The number of carbonyl (C=O) groups is 1. The summed E-state index contributed by atoms with van der Waals surface area (Å²) >= 11 is 0. The molecule has 2 aliphatic rings. The number of benzene rings is 1. The second kappa shape index (κ2) is 5.45. The van der Waals surface area contributed by atoms with Crippen LogP contribution >= 0.6 is 0 Å². The quantitative estimate of drug-likeness (QED) is 0.919. The highest BCUT2D eigenvalue weighted by Gasteiger charge is 2.40. The first kappa shape index (κ1) is 14.6. The average Bonchev–Trinajstić information content (AvgIpc) is 3.07. The minimum absolute atomic E-state index is 0.203. The molecule has 0 aromatic heterocycles. The monoisotopic (exact) mass is 286 g/mol. The Hall–Kier alpha value is -1.35. The SMILES string of the molecule is CCC1(C(NC)c2ccc3c(c2)CC(=O)N3C)CCCC1. The van der Waals surface area contributed by atoms with E-state index in [0.717, 1.165) is 5.69 Å². The Balaban J connectivity index is 1.96. The maximum atomic E-state index is 11.9. The number of amides is 1. The van der Waals surface area contributed by atoms with Crippen molar-refractivity contribution in [3.8, 4) is 0 Å². The van der Waals surface area contributed by atoms with Crippen molar-refractivity contribution in [2.75, 3.05) is 19.0 Å². The Morgan fingerprint density at radius 3 is 2.67 bits per heavy atom. The van der Waals surface area contributed by atoms with Crippen molar-refractivity contribution in [1.82, 2.24) is 5.32 Å². The lowest BCUT2D eigenvalue weighted by Gasteiger charge is -2.37. The van der Waals surface area contributed by atoms with Crippen LogP contribution in [-0.2, 0) is 11.2 Å². The van der Waals surface area contributed by atoms with E-state index in [1.54, 1.807) is 4.90 Å². The molecule has 1 aromatic carbocycles. The standard InChI is InChI=1S/C18H26N2O/c1-4-18(9-5-6-10-18)17(19-2)13-7-8-15-14(11-13)12-16(21)20(15)3/h7-8,11,17,19H,4-6,9-10,12H2,1-3H3. The van der Waals surface area contributed by atoms with E-state index < -0.39 is 0 Å². The molecule has 1 fully saturated rings. The molecule has 1 aromatic rings. The van der Waals surface area contributed by atoms with Crippen molar-refractivity contribution < 1.29 is 4.79 Å². The van der Waals surface area contributed by atoms with Gasteiger partial charge in [0.25, 0.3) is 0 Å². The topological polar surface area (TPSA) is 32.3 Å². The van der Waals surface area contributed by atoms with E-state index in [1.807, 2.05) is 7.05 Å². The second-order valence-corrected chi connectivity index (χ2v) is 6.66. The van der Waals surface area contributed by atoms with Crippen LogP contribution in [0, 0.1) is 5.41 Å². The molecule has 1 atom stereocenters. The number of hydrogen-bond donors (Lipinski definition) is 1. The number of carbonyl (C=O) groups excluding carboxylic acids is 1. The van der Waals surface area contributed by atoms with Crippen molar-refractivity contribution in [3.63, 3.8) is 0 Å².